The van der Waals surface area contributed by atoms with Crippen molar-refractivity contribution < 1.29 is 9.47 Å². The lowest BCUT2D eigenvalue weighted by atomic mass is 10.0. The van der Waals surface area contributed by atoms with E-state index in [1.54, 1.807) is 0 Å². The van der Waals surface area contributed by atoms with Crippen LogP contribution in [0.15, 0.2) is 30.3 Å². The molecule has 0 radical (unpaired) electrons. The van der Waals surface area contributed by atoms with E-state index in [0.717, 1.165) is 19.8 Å². The van der Waals surface area contributed by atoms with Gasteiger partial charge in [0.15, 0.2) is 0 Å². The Morgan fingerprint density at radius 2 is 1.09 bits per heavy atom. The molecule has 1 atom stereocenters. The van der Waals surface area contributed by atoms with Crippen molar-refractivity contribution in [1.82, 2.24) is 0 Å². The lowest BCUT2D eigenvalue weighted by Crippen LogP contribution is -2.12. The van der Waals surface area contributed by atoms with Gasteiger partial charge in [0.05, 0.1) is 12.7 Å². The molecule has 2 nitrogen and oxygen atoms in total. The Morgan fingerprint density at radius 1 is 0.594 bits per heavy atom. The van der Waals surface area contributed by atoms with Gasteiger partial charge in [0, 0.05) is 13.2 Å². The predicted molar refractivity (Wildman–Crippen MR) is 140 cm³/mol. The van der Waals surface area contributed by atoms with Gasteiger partial charge in [-0.1, -0.05) is 134 Å². The first-order chi connectivity index (χ1) is 15.9. The van der Waals surface area contributed by atoms with Crippen molar-refractivity contribution in [3.05, 3.63) is 35.9 Å². The van der Waals surface area contributed by atoms with Crippen LogP contribution in [0.5, 0.6) is 0 Å². The molecule has 0 heterocycles. The van der Waals surface area contributed by atoms with Gasteiger partial charge in [0.1, 0.15) is 0 Å². The minimum atomic E-state index is 0.508. The second-order valence-electron chi connectivity index (χ2n) is 9.53. The number of unbranched alkanes of at least 4 members (excludes halogenated alkanes) is 14. The molecule has 1 aromatic rings. The number of rotatable bonds is 24. The highest BCUT2D eigenvalue weighted by molar-refractivity contribution is 5.13. The molecule has 0 fully saturated rings. The fourth-order valence-electron chi connectivity index (χ4n) is 4.28. The average Bonchev–Trinajstić information content (AvgIpc) is 2.83. The van der Waals surface area contributed by atoms with Gasteiger partial charge in [-0.15, -0.1) is 0 Å². The lowest BCUT2D eigenvalue weighted by molar-refractivity contribution is 0.0410. The first-order valence-corrected chi connectivity index (χ1v) is 14.1. The molecule has 0 spiro atoms. The van der Waals surface area contributed by atoms with Crippen molar-refractivity contribution in [2.75, 3.05) is 13.2 Å². The quantitative estimate of drug-likeness (QED) is 0.147. The zero-order valence-electron chi connectivity index (χ0n) is 21.6. The van der Waals surface area contributed by atoms with Gasteiger partial charge in [0.2, 0.25) is 0 Å². The van der Waals surface area contributed by atoms with Crippen molar-refractivity contribution in [1.29, 1.82) is 0 Å². The number of ether oxygens (including phenoxy) is 2. The lowest BCUT2D eigenvalue weighted by Gasteiger charge is -2.15. The summed E-state index contributed by atoms with van der Waals surface area (Å²) in [6.45, 7) is 7.15. The standard InChI is InChI=1S/C30H54O2/c1-3-5-25-30(4-2)32-27-22-17-15-13-11-9-7-6-8-10-12-14-16-21-26-31-28-29-23-19-18-20-24-29/h18-20,23-24,30H,3-17,21-22,25-28H2,1-2H3. The van der Waals surface area contributed by atoms with Crippen LogP contribution in [0.1, 0.15) is 135 Å². The fraction of sp³-hybridized carbons (Fsp3) is 0.800. The molecule has 0 saturated carbocycles. The summed E-state index contributed by atoms with van der Waals surface area (Å²) in [5.74, 6) is 0. The van der Waals surface area contributed by atoms with Crippen LogP contribution in [-0.2, 0) is 16.1 Å². The van der Waals surface area contributed by atoms with Gasteiger partial charge in [-0.3, -0.25) is 0 Å². The molecule has 0 aromatic heterocycles. The molecule has 2 heteroatoms. The first-order valence-electron chi connectivity index (χ1n) is 14.1. The minimum absolute atomic E-state index is 0.508. The molecule has 0 saturated heterocycles. The van der Waals surface area contributed by atoms with E-state index in [0.29, 0.717) is 6.10 Å². The van der Waals surface area contributed by atoms with E-state index in [-0.39, 0.29) is 0 Å². The maximum absolute atomic E-state index is 6.03. The Bertz CT molecular complexity index is 473. The number of hydrogen-bond acceptors (Lipinski definition) is 2. The monoisotopic (exact) mass is 446 g/mol. The van der Waals surface area contributed by atoms with E-state index >= 15 is 0 Å². The molecule has 32 heavy (non-hydrogen) atoms. The van der Waals surface area contributed by atoms with E-state index in [2.05, 4.69) is 44.2 Å². The summed E-state index contributed by atoms with van der Waals surface area (Å²) in [5.41, 5.74) is 1.28. The van der Waals surface area contributed by atoms with Crippen molar-refractivity contribution in [3.63, 3.8) is 0 Å². The topological polar surface area (TPSA) is 18.5 Å². The van der Waals surface area contributed by atoms with Crippen LogP contribution in [0.2, 0.25) is 0 Å². The summed E-state index contributed by atoms with van der Waals surface area (Å²) in [6, 6.07) is 10.5. The molecule has 0 aliphatic carbocycles. The number of hydrogen-bond donors (Lipinski definition) is 0. The maximum Gasteiger partial charge on any atom is 0.0716 e. The first kappa shape index (κ1) is 29.2. The summed E-state index contributed by atoms with van der Waals surface area (Å²) in [5, 5.41) is 0. The molecule has 1 rings (SSSR count). The summed E-state index contributed by atoms with van der Waals surface area (Å²) in [6.07, 6.45) is 24.8. The van der Waals surface area contributed by atoms with Crippen molar-refractivity contribution in [2.24, 2.45) is 0 Å². The van der Waals surface area contributed by atoms with Crippen molar-refractivity contribution in [2.45, 2.75) is 142 Å². The van der Waals surface area contributed by atoms with Crippen LogP contribution < -0.4 is 0 Å². The largest absolute Gasteiger partial charge is 0.378 e. The SMILES string of the molecule is CCCCC(CC)OCCCCCCCCCCCCCCCCOCc1ccccc1. The highest BCUT2D eigenvalue weighted by Gasteiger charge is 2.05. The van der Waals surface area contributed by atoms with Gasteiger partial charge in [-0.25, -0.2) is 0 Å². The Hall–Kier alpha value is -0.860. The molecular weight excluding hydrogens is 392 g/mol. The van der Waals surface area contributed by atoms with Crippen molar-refractivity contribution >= 4 is 0 Å². The second kappa shape index (κ2) is 23.3. The third-order valence-corrected chi connectivity index (χ3v) is 6.48. The Labute approximate surface area is 200 Å². The molecule has 0 bridgehead atoms. The molecule has 0 amide bonds. The molecule has 0 N–H and O–H groups in total. The summed E-state index contributed by atoms with van der Waals surface area (Å²) in [7, 11) is 0. The highest BCUT2D eigenvalue weighted by atomic mass is 16.5. The van der Waals surface area contributed by atoms with Crippen LogP contribution in [0.25, 0.3) is 0 Å². The number of benzene rings is 1. The second-order valence-corrected chi connectivity index (χ2v) is 9.53. The van der Waals surface area contributed by atoms with Crippen LogP contribution in [-0.4, -0.2) is 19.3 Å². The third-order valence-electron chi connectivity index (χ3n) is 6.48. The van der Waals surface area contributed by atoms with Crippen molar-refractivity contribution in [3.8, 4) is 0 Å². The van der Waals surface area contributed by atoms with Gasteiger partial charge < -0.3 is 9.47 Å². The molecular formula is C30H54O2. The van der Waals surface area contributed by atoms with Crippen LogP contribution in [0.4, 0.5) is 0 Å². The Kier molecular flexibility index (Phi) is 21.2. The van der Waals surface area contributed by atoms with Gasteiger partial charge in [0.25, 0.3) is 0 Å². The maximum atomic E-state index is 6.03. The van der Waals surface area contributed by atoms with E-state index in [9.17, 15) is 0 Å². The highest BCUT2D eigenvalue weighted by Crippen LogP contribution is 2.14. The van der Waals surface area contributed by atoms with E-state index < -0.39 is 0 Å². The molecule has 1 aromatic carbocycles. The van der Waals surface area contributed by atoms with E-state index in [4.69, 9.17) is 9.47 Å². The van der Waals surface area contributed by atoms with Gasteiger partial charge >= 0.3 is 0 Å². The predicted octanol–water partition coefficient (Wildman–Crippen LogP) is 9.65. The zero-order valence-corrected chi connectivity index (χ0v) is 21.6. The van der Waals surface area contributed by atoms with Gasteiger partial charge in [-0.05, 0) is 31.2 Å². The Morgan fingerprint density at radius 3 is 1.59 bits per heavy atom. The third kappa shape index (κ3) is 18.7. The van der Waals surface area contributed by atoms with Crippen LogP contribution >= 0.6 is 0 Å². The molecule has 0 aliphatic heterocycles. The zero-order chi connectivity index (χ0) is 23.0. The summed E-state index contributed by atoms with van der Waals surface area (Å²) >= 11 is 0. The normalized spacial score (nSPS) is 12.3. The Balaban J connectivity index is 1.70. The fourth-order valence-corrected chi connectivity index (χ4v) is 4.28. The van der Waals surface area contributed by atoms with E-state index in [1.807, 2.05) is 0 Å². The summed E-state index contributed by atoms with van der Waals surface area (Å²) < 4.78 is 11.8. The molecule has 1 unspecified atom stereocenters. The minimum Gasteiger partial charge on any atom is -0.378 e. The summed E-state index contributed by atoms with van der Waals surface area (Å²) in [4.78, 5) is 0. The smallest absolute Gasteiger partial charge is 0.0716 e. The molecule has 0 aliphatic rings. The van der Waals surface area contributed by atoms with Crippen LogP contribution in [0, 0.1) is 0 Å². The van der Waals surface area contributed by atoms with Crippen LogP contribution in [0.3, 0.4) is 0 Å². The van der Waals surface area contributed by atoms with Gasteiger partial charge in [-0.2, -0.15) is 0 Å². The molecule has 186 valence electrons. The van der Waals surface area contributed by atoms with E-state index in [1.165, 1.54) is 121 Å². The average molecular weight is 447 g/mol.